The topological polar surface area (TPSA) is 128 Å². The molecule has 1 aliphatic carbocycles. The van der Waals surface area contributed by atoms with Crippen molar-refractivity contribution in [2.24, 2.45) is 0 Å². The number of benzene rings is 2. The van der Waals surface area contributed by atoms with Gasteiger partial charge in [-0.3, -0.25) is 19.5 Å². The van der Waals surface area contributed by atoms with Crippen LogP contribution in [0.25, 0.3) is 11.0 Å². The highest BCUT2D eigenvalue weighted by molar-refractivity contribution is 7.86. The summed E-state index contributed by atoms with van der Waals surface area (Å²) in [4.78, 5) is 24.9. The van der Waals surface area contributed by atoms with Gasteiger partial charge in [-0.1, -0.05) is 61.9 Å². The average Bonchev–Trinajstić information content (AvgIpc) is 3.19. The summed E-state index contributed by atoms with van der Waals surface area (Å²) in [7, 11) is -4.28. The SMILES string of the molecule is CCCCc1oc2ccc([N+](=O)[O-])cc2c1C(=O)c1ccccc1C1(C)C=CC(S(=O)(=O)O)C=C1. The van der Waals surface area contributed by atoms with Crippen LogP contribution in [0, 0.1) is 10.1 Å². The van der Waals surface area contributed by atoms with Gasteiger partial charge in [0.25, 0.3) is 15.8 Å². The number of nitro benzene ring substituents is 1. The second-order valence-electron chi connectivity index (χ2n) is 8.80. The van der Waals surface area contributed by atoms with Crippen LogP contribution in [0.4, 0.5) is 5.69 Å². The van der Waals surface area contributed by atoms with Crippen LogP contribution in [0.2, 0.25) is 0 Å². The summed E-state index contributed by atoms with van der Waals surface area (Å²) < 4.78 is 38.4. The van der Waals surface area contributed by atoms with E-state index in [2.05, 4.69) is 0 Å². The van der Waals surface area contributed by atoms with Crippen molar-refractivity contribution >= 4 is 32.6 Å². The normalized spacial score (nSPS) is 19.8. The Labute approximate surface area is 202 Å². The molecule has 182 valence electrons. The number of nitro groups is 1. The predicted octanol–water partition coefficient (Wildman–Crippen LogP) is 5.55. The summed E-state index contributed by atoms with van der Waals surface area (Å²) >= 11 is 0. The molecule has 9 heteroatoms. The predicted molar refractivity (Wildman–Crippen MR) is 132 cm³/mol. The van der Waals surface area contributed by atoms with Gasteiger partial charge in [0.1, 0.15) is 16.6 Å². The fraction of sp³-hybridized carbons (Fsp3) is 0.269. The van der Waals surface area contributed by atoms with E-state index in [1.165, 1.54) is 30.4 Å². The number of non-ortho nitro benzene ring substituents is 1. The lowest BCUT2D eigenvalue weighted by atomic mass is 9.76. The van der Waals surface area contributed by atoms with E-state index in [1.807, 2.05) is 13.8 Å². The van der Waals surface area contributed by atoms with Gasteiger partial charge in [0.15, 0.2) is 5.78 Å². The molecule has 2 aromatic carbocycles. The molecule has 1 heterocycles. The Morgan fingerprint density at radius 3 is 2.49 bits per heavy atom. The number of aryl methyl sites for hydroxylation is 1. The number of nitrogens with zero attached hydrogens (tertiary/aromatic N) is 1. The number of unbranched alkanes of at least 4 members (excludes halogenated alkanes) is 1. The Balaban J connectivity index is 1.86. The fourth-order valence-electron chi connectivity index (χ4n) is 4.38. The maximum absolute atomic E-state index is 14.0. The van der Waals surface area contributed by atoms with Gasteiger partial charge in [-0.25, -0.2) is 0 Å². The molecule has 0 aliphatic heterocycles. The van der Waals surface area contributed by atoms with E-state index in [-0.39, 0.29) is 11.5 Å². The van der Waals surface area contributed by atoms with Gasteiger partial charge in [-0.05, 0) is 25.0 Å². The third-order valence-corrected chi connectivity index (χ3v) is 7.30. The summed E-state index contributed by atoms with van der Waals surface area (Å²) in [6, 6.07) is 11.2. The molecule has 1 aromatic heterocycles. The van der Waals surface area contributed by atoms with Crippen LogP contribution in [0.3, 0.4) is 0 Å². The maximum Gasteiger partial charge on any atom is 0.275 e. The van der Waals surface area contributed by atoms with Gasteiger partial charge in [-0.2, -0.15) is 8.42 Å². The second-order valence-corrected chi connectivity index (χ2v) is 10.4. The fourth-order valence-corrected chi connectivity index (χ4v) is 4.94. The van der Waals surface area contributed by atoms with Crippen molar-refractivity contribution in [1.82, 2.24) is 0 Å². The lowest BCUT2D eigenvalue weighted by Gasteiger charge is -2.28. The lowest BCUT2D eigenvalue weighted by Crippen LogP contribution is -2.27. The first kappa shape index (κ1) is 24.6. The smallest absolute Gasteiger partial charge is 0.275 e. The third-order valence-electron chi connectivity index (χ3n) is 6.30. The molecule has 0 saturated heterocycles. The monoisotopic (exact) mass is 495 g/mol. The van der Waals surface area contributed by atoms with Crippen molar-refractivity contribution in [1.29, 1.82) is 0 Å². The van der Waals surface area contributed by atoms with Crippen molar-refractivity contribution in [3.63, 3.8) is 0 Å². The molecule has 0 spiro atoms. The first-order chi connectivity index (χ1) is 16.5. The highest BCUT2D eigenvalue weighted by Gasteiger charge is 2.33. The van der Waals surface area contributed by atoms with E-state index in [4.69, 9.17) is 4.42 Å². The van der Waals surface area contributed by atoms with Crippen LogP contribution in [-0.4, -0.2) is 28.9 Å². The highest BCUT2D eigenvalue weighted by atomic mass is 32.2. The van der Waals surface area contributed by atoms with Crippen LogP contribution in [0.15, 0.2) is 71.2 Å². The molecule has 3 aromatic rings. The van der Waals surface area contributed by atoms with E-state index in [9.17, 15) is 27.9 Å². The summed E-state index contributed by atoms with van der Waals surface area (Å²) in [5.41, 5.74) is 0.760. The van der Waals surface area contributed by atoms with E-state index in [1.54, 1.807) is 36.4 Å². The minimum absolute atomic E-state index is 0.135. The highest BCUT2D eigenvalue weighted by Crippen LogP contribution is 2.37. The number of carbonyl (C=O) groups excluding carboxylic acids is 1. The second kappa shape index (κ2) is 9.24. The zero-order valence-corrected chi connectivity index (χ0v) is 20.1. The zero-order valence-electron chi connectivity index (χ0n) is 19.3. The Morgan fingerprint density at radius 2 is 1.86 bits per heavy atom. The average molecular weight is 496 g/mol. The molecule has 0 atom stereocenters. The Kier molecular flexibility index (Phi) is 6.48. The molecule has 4 rings (SSSR count). The van der Waals surface area contributed by atoms with Gasteiger partial charge >= 0.3 is 0 Å². The number of furan rings is 1. The maximum atomic E-state index is 14.0. The Bertz CT molecular complexity index is 1470. The molecule has 0 radical (unpaired) electrons. The van der Waals surface area contributed by atoms with E-state index in [0.717, 1.165) is 12.8 Å². The molecular weight excluding hydrogens is 470 g/mol. The number of hydrogen-bond donors (Lipinski definition) is 1. The first-order valence-corrected chi connectivity index (χ1v) is 12.7. The van der Waals surface area contributed by atoms with Crippen LogP contribution in [-0.2, 0) is 22.0 Å². The van der Waals surface area contributed by atoms with Gasteiger partial charge in [0.2, 0.25) is 0 Å². The molecule has 1 N–H and O–H groups in total. The molecule has 0 unspecified atom stereocenters. The summed E-state index contributed by atoms with van der Waals surface area (Å²) in [6.07, 6.45) is 8.24. The molecule has 8 nitrogen and oxygen atoms in total. The van der Waals surface area contributed by atoms with Crippen LogP contribution >= 0.6 is 0 Å². The number of carbonyl (C=O) groups is 1. The quantitative estimate of drug-likeness (QED) is 0.143. The lowest BCUT2D eigenvalue weighted by molar-refractivity contribution is -0.384. The summed E-state index contributed by atoms with van der Waals surface area (Å²) in [6.45, 7) is 3.86. The number of fused-ring (bicyclic) bond motifs is 1. The van der Waals surface area contributed by atoms with Gasteiger partial charge in [0, 0.05) is 34.9 Å². The van der Waals surface area contributed by atoms with Gasteiger partial charge in [0.05, 0.1) is 10.5 Å². The van der Waals surface area contributed by atoms with Gasteiger partial charge < -0.3 is 4.42 Å². The number of rotatable bonds is 8. The van der Waals surface area contributed by atoms with E-state index in [0.29, 0.717) is 39.8 Å². The largest absolute Gasteiger partial charge is 0.460 e. The van der Waals surface area contributed by atoms with Crippen LogP contribution in [0.5, 0.6) is 0 Å². The van der Waals surface area contributed by atoms with Crippen molar-refractivity contribution in [3.8, 4) is 0 Å². The standard InChI is InChI=1S/C26H25NO7S/c1-3-4-9-23-24(20-16-17(27(29)30)10-11-22(20)34-23)25(28)19-7-5-6-8-21(19)26(2)14-12-18(13-15-26)35(31,32)33/h5-8,10-16,18H,3-4,9H2,1-2H3,(H,31,32,33). The van der Waals surface area contributed by atoms with Crippen molar-refractivity contribution in [2.45, 2.75) is 43.8 Å². The molecule has 0 saturated carbocycles. The van der Waals surface area contributed by atoms with Crippen LogP contribution < -0.4 is 0 Å². The molecule has 0 fully saturated rings. The van der Waals surface area contributed by atoms with Crippen LogP contribution in [0.1, 0.15) is 53.9 Å². The Morgan fingerprint density at radius 1 is 1.17 bits per heavy atom. The minimum atomic E-state index is -4.28. The number of allylic oxidation sites excluding steroid dienone is 2. The van der Waals surface area contributed by atoms with Crippen molar-refractivity contribution in [2.75, 3.05) is 0 Å². The summed E-state index contributed by atoms with van der Waals surface area (Å²) in [5, 5.41) is 10.6. The molecule has 0 bridgehead atoms. The molecule has 0 amide bonds. The van der Waals surface area contributed by atoms with E-state index >= 15 is 0 Å². The first-order valence-electron chi connectivity index (χ1n) is 11.2. The summed E-state index contributed by atoms with van der Waals surface area (Å²) in [5.74, 6) is 0.152. The van der Waals surface area contributed by atoms with Crippen molar-refractivity contribution < 1.29 is 27.1 Å². The Hall–Kier alpha value is -3.56. The zero-order chi connectivity index (χ0) is 25.4. The minimum Gasteiger partial charge on any atom is -0.460 e. The molecular formula is C26H25NO7S. The number of hydrogen-bond acceptors (Lipinski definition) is 6. The molecule has 35 heavy (non-hydrogen) atoms. The molecule has 1 aliphatic rings. The number of ketones is 1. The van der Waals surface area contributed by atoms with Gasteiger partial charge in [-0.15, -0.1) is 0 Å². The van der Waals surface area contributed by atoms with Crippen molar-refractivity contribution in [3.05, 3.63) is 99.3 Å². The van der Waals surface area contributed by atoms with E-state index < -0.39 is 25.7 Å². The third kappa shape index (κ3) is 4.69.